The first-order valence-electron chi connectivity index (χ1n) is 3.52. The van der Waals surface area contributed by atoms with E-state index in [1.54, 1.807) is 6.08 Å². The highest BCUT2D eigenvalue weighted by Crippen LogP contribution is 2.14. The molecule has 0 spiro atoms. The third kappa shape index (κ3) is 4.42. The number of ether oxygens (including phenoxy) is 1. The lowest BCUT2D eigenvalue weighted by atomic mass is 9.97. The molecule has 0 saturated heterocycles. The lowest BCUT2D eigenvalue weighted by molar-refractivity contribution is -0.151. The third-order valence-corrected chi connectivity index (χ3v) is 1.06. The molecule has 0 unspecified atom stereocenters. The van der Waals surface area contributed by atoms with Crippen molar-refractivity contribution < 1.29 is 9.53 Å². The fraction of sp³-hybridized carbons (Fsp3) is 0.625. The van der Waals surface area contributed by atoms with E-state index in [1.165, 1.54) is 6.20 Å². The van der Waals surface area contributed by atoms with Crippen LogP contribution in [0.1, 0.15) is 20.8 Å². The number of carbonyl (C=O) groups is 1. The molecule has 0 fully saturated rings. The second-order valence-corrected chi connectivity index (χ2v) is 3.28. The summed E-state index contributed by atoms with van der Waals surface area (Å²) in [4.78, 5) is 11.0. The smallest absolute Gasteiger partial charge is 0.311 e. The van der Waals surface area contributed by atoms with E-state index >= 15 is 0 Å². The molecule has 2 N–H and O–H groups in total. The molecule has 0 aliphatic heterocycles. The maximum Gasteiger partial charge on any atom is 0.311 e. The van der Waals surface area contributed by atoms with Crippen molar-refractivity contribution in [3.05, 3.63) is 12.3 Å². The number of carbonyl (C=O) groups excluding carboxylic acids is 1. The number of hydrogen-bond donors (Lipinski definition) is 1. The van der Waals surface area contributed by atoms with Crippen LogP contribution in [-0.2, 0) is 9.53 Å². The average Bonchev–Trinajstić information content (AvgIpc) is 1.86. The lowest BCUT2D eigenvalue weighted by Gasteiger charge is -2.15. The van der Waals surface area contributed by atoms with Crippen molar-refractivity contribution in [1.82, 2.24) is 0 Å². The van der Waals surface area contributed by atoms with Crippen LogP contribution in [0.15, 0.2) is 12.3 Å². The summed E-state index contributed by atoms with van der Waals surface area (Å²) in [6.45, 7) is 5.68. The summed E-state index contributed by atoms with van der Waals surface area (Å²) in [7, 11) is 0. The van der Waals surface area contributed by atoms with Crippen LogP contribution in [0.3, 0.4) is 0 Å². The topological polar surface area (TPSA) is 52.3 Å². The van der Waals surface area contributed by atoms with E-state index in [9.17, 15) is 4.79 Å². The first kappa shape index (κ1) is 10.0. The van der Waals surface area contributed by atoms with Gasteiger partial charge in [-0.15, -0.1) is 0 Å². The molecule has 0 atom stereocenters. The molecule has 0 rings (SSSR count). The van der Waals surface area contributed by atoms with Gasteiger partial charge in [0.2, 0.25) is 0 Å². The summed E-state index contributed by atoms with van der Waals surface area (Å²) >= 11 is 0. The fourth-order valence-corrected chi connectivity index (χ4v) is 0.396. The van der Waals surface area contributed by atoms with Crippen molar-refractivity contribution in [1.29, 1.82) is 0 Å². The standard InChI is InChI=1S/C8H15NO2/c1-8(2,3)7(10)11-6-4-5-9/h4-5H,6,9H2,1-3H3/b5-4-. The first-order chi connectivity index (χ1) is 4.98. The molecule has 0 heterocycles. The molecule has 3 nitrogen and oxygen atoms in total. The summed E-state index contributed by atoms with van der Waals surface area (Å²) in [5.41, 5.74) is 4.62. The molecule has 0 aromatic rings. The van der Waals surface area contributed by atoms with Gasteiger partial charge < -0.3 is 10.5 Å². The van der Waals surface area contributed by atoms with E-state index in [0.717, 1.165) is 0 Å². The molecule has 0 aliphatic carbocycles. The van der Waals surface area contributed by atoms with E-state index in [4.69, 9.17) is 10.5 Å². The lowest BCUT2D eigenvalue weighted by Crippen LogP contribution is -2.22. The van der Waals surface area contributed by atoms with Gasteiger partial charge in [0.25, 0.3) is 0 Å². The summed E-state index contributed by atoms with van der Waals surface area (Å²) in [5, 5.41) is 0. The van der Waals surface area contributed by atoms with Crippen molar-refractivity contribution in [3.8, 4) is 0 Å². The van der Waals surface area contributed by atoms with Crippen LogP contribution in [0.5, 0.6) is 0 Å². The zero-order chi connectivity index (χ0) is 8.91. The summed E-state index contributed by atoms with van der Waals surface area (Å²) in [6.07, 6.45) is 2.94. The van der Waals surface area contributed by atoms with Crippen LogP contribution in [-0.4, -0.2) is 12.6 Å². The van der Waals surface area contributed by atoms with Gasteiger partial charge in [-0.25, -0.2) is 0 Å². The Morgan fingerprint density at radius 2 is 2.09 bits per heavy atom. The molecule has 0 bridgehead atoms. The SMILES string of the molecule is CC(C)(C)C(=O)OC/C=C\N. The highest BCUT2D eigenvalue weighted by molar-refractivity contribution is 5.75. The molecule has 0 aromatic carbocycles. The Morgan fingerprint density at radius 1 is 1.55 bits per heavy atom. The molecule has 64 valence electrons. The van der Waals surface area contributed by atoms with E-state index in [1.807, 2.05) is 20.8 Å². The Hall–Kier alpha value is -0.990. The zero-order valence-electron chi connectivity index (χ0n) is 7.26. The minimum absolute atomic E-state index is 0.212. The van der Waals surface area contributed by atoms with Gasteiger partial charge in [-0.3, -0.25) is 4.79 Å². The Kier molecular flexibility index (Phi) is 3.65. The summed E-state index contributed by atoms with van der Waals surface area (Å²) < 4.78 is 4.84. The molecule has 11 heavy (non-hydrogen) atoms. The van der Waals surface area contributed by atoms with Crippen LogP contribution in [0.4, 0.5) is 0 Å². The van der Waals surface area contributed by atoms with E-state index in [2.05, 4.69) is 0 Å². The maximum atomic E-state index is 11.0. The molecule has 3 heteroatoms. The van der Waals surface area contributed by atoms with Crippen LogP contribution in [0.25, 0.3) is 0 Å². The Labute approximate surface area is 67.2 Å². The molecule has 0 radical (unpaired) electrons. The van der Waals surface area contributed by atoms with E-state index in [-0.39, 0.29) is 12.6 Å². The fourth-order valence-electron chi connectivity index (χ4n) is 0.396. The molecule has 0 saturated carbocycles. The number of rotatable bonds is 2. The predicted octanol–water partition coefficient (Wildman–Crippen LogP) is 1.05. The highest BCUT2D eigenvalue weighted by atomic mass is 16.5. The number of hydrogen-bond acceptors (Lipinski definition) is 3. The first-order valence-corrected chi connectivity index (χ1v) is 3.52. The Bertz CT molecular complexity index is 156. The van der Waals surface area contributed by atoms with E-state index < -0.39 is 5.41 Å². The third-order valence-electron chi connectivity index (χ3n) is 1.06. The highest BCUT2D eigenvalue weighted by Gasteiger charge is 2.22. The van der Waals surface area contributed by atoms with E-state index in [0.29, 0.717) is 0 Å². The van der Waals surface area contributed by atoms with Crippen molar-refractivity contribution in [2.75, 3.05) is 6.61 Å². The molecular weight excluding hydrogens is 142 g/mol. The van der Waals surface area contributed by atoms with Crippen molar-refractivity contribution in [2.45, 2.75) is 20.8 Å². The summed E-state index contributed by atoms with van der Waals surface area (Å²) in [5.74, 6) is -0.212. The van der Waals surface area contributed by atoms with Gasteiger partial charge in [-0.05, 0) is 33.0 Å². The van der Waals surface area contributed by atoms with Gasteiger partial charge in [0.15, 0.2) is 0 Å². The van der Waals surface area contributed by atoms with Crippen LogP contribution < -0.4 is 5.73 Å². The molecule has 0 amide bonds. The Morgan fingerprint density at radius 3 is 2.45 bits per heavy atom. The minimum atomic E-state index is -0.428. The van der Waals surface area contributed by atoms with Crippen molar-refractivity contribution in [2.24, 2.45) is 11.1 Å². The van der Waals surface area contributed by atoms with Gasteiger partial charge in [-0.2, -0.15) is 0 Å². The summed E-state index contributed by atoms with van der Waals surface area (Å²) in [6, 6.07) is 0. The largest absolute Gasteiger partial charge is 0.461 e. The number of esters is 1. The molecule has 0 aliphatic rings. The maximum absolute atomic E-state index is 11.0. The van der Waals surface area contributed by atoms with Gasteiger partial charge >= 0.3 is 5.97 Å². The van der Waals surface area contributed by atoms with Gasteiger partial charge in [0.1, 0.15) is 6.61 Å². The Balaban J connectivity index is 3.71. The zero-order valence-corrected chi connectivity index (χ0v) is 7.26. The van der Waals surface area contributed by atoms with Gasteiger partial charge in [-0.1, -0.05) is 0 Å². The quantitative estimate of drug-likeness (QED) is 0.609. The monoisotopic (exact) mass is 157 g/mol. The molecular formula is C8H15NO2. The van der Waals surface area contributed by atoms with Crippen LogP contribution >= 0.6 is 0 Å². The van der Waals surface area contributed by atoms with Crippen LogP contribution in [0, 0.1) is 5.41 Å². The normalized spacial score (nSPS) is 11.9. The van der Waals surface area contributed by atoms with Crippen molar-refractivity contribution in [3.63, 3.8) is 0 Å². The predicted molar refractivity (Wildman–Crippen MR) is 43.7 cm³/mol. The van der Waals surface area contributed by atoms with Gasteiger partial charge in [0, 0.05) is 0 Å². The number of nitrogens with two attached hydrogens (primary N) is 1. The van der Waals surface area contributed by atoms with Crippen molar-refractivity contribution >= 4 is 5.97 Å². The average molecular weight is 157 g/mol. The molecule has 0 aromatic heterocycles. The second-order valence-electron chi connectivity index (χ2n) is 3.28. The van der Waals surface area contributed by atoms with Gasteiger partial charge in [0.05, 0.1) is 5.41 Å². The minimum Gasteiger partial charge on any atom is -0.461 e. The van der Waals surface area contributed by atoms with Crippen LogP contribution in [0.2, 0.25) is 0 Å². The second kappa shape index (κ2) is 4.01.